The quantitative estimate of drug-likeness (QED) is 0.614. The number of nitrogens with zero attached hydrogens (tertiary/aromatic N) is 1. The summed E-state index contributed by atoms with van der Waals surface area (Å²) < 4.78 is 5.88. The molecule has 0 aliphatic heterocycles. The fourth-order valence-electron chi connectivity index (χ4n) is 2.99. The Kier molecular flexibility index (Phi) is 5.96. The third kappa shape index (κ3) is 4.54. The van der Waals surface area contributed by atoms with Crippen LogP contribution in [0.1, 0.15) is 19.8 Å². The van der Waals surface area contributed by atoms with Crippen molar-refractivity contribution in [3.8, 4) is 5.75 Å². The van der Waals surface area contributed by atoms with Crippen molar-refractivity contribution in [3.05, 3.63) is 60.8 Å². The summed E-state index contributed by atoms with van der Waals surface area (Å²) in [5, 5.41) is 11.5. The Balaban J connectivity index is 1.61. The molecular weight excluding hydrogens is 312 g/mol. The molecule has 4 nitrogen and oxygen atoms in total. The molecule has 0 amide bonds. The predicted octanol–water partition coefficient (Wildman–Crippen LogP) is 4.21. The number of benzene rings is 2. The fourth-order valence-corrected chi connectivity index (χ4v) is 2.99. The van der Waals surface area contributed by atoms with Crippen molar-refractivity contribution in [2.24, 2.45) is 0 Å². The molecule has 0 saturated carbocycles. The summed E-state index contributed by atoms with van der Waals surface area (Å²) in [6.45, 7) is 3.96. The van der Waals surface area contributed by atoms with Crippen LogP contribution >= 0.6 is 0 Å². The molecule has 1 aromatic heterocycles. The van der Waals surface area contributed by atoms with Gasteiger partial charge in [-0.05, 0) is 36.8 Å². The Morgan fingerprint density at radius 1 is 1.08 bits per heavy atom. The lowest BCUT2D eigenvalue weighted by atomic mass is 10.2. The summed E-state index contributed by atoms with van der Waals surface area (Å²) in [5.74, 6) is 0.803. The van der Waals surface area contributed by atoms with Crippen LogP contribution in [0, 0.1) is 0 Å². The highest BCUT2D eigenvalue weighted by atomic mass is 16.5. The first-order chi connectivity index (χ1) is 12.3. The van der Waals surface area contributed by atoms with Crippen LogP contribution < -0.4 is 9.64 Å². The second kappa shape index (κ2) is 8.58. The number of anilines is 1. The van der Waals surface area contributed by atoms with Crippen LogP contribution in [-0.4, -0.2) is 35.9 Å². The molecule has 0 radical (unpaired) electrons. The predicted molar refractivity (Wildman–Crippen MR) is 103 cm³/mol. The lowest BCUT2D eigenvalue weighted by molar-refractivity contribution is 0.113. The van der Waals surface area contributed by atoms with Gasteiger partial charge in [0.05, 0.1) is 0 Å². The van der Waals surface area contributed by atoms with Gasteiger partial charge in [-0.25, -0.2) is 0 Å². The molecule has 2 N–H and O–H groups in total. The molecule has 0 fully saturated rings. The summed E-state index contributed by atoms with van der Waals surface area (Å²) in [7, 11) is 0. The van der Waals surface area contributed by atoms with Gasteiger partial charge < -0.3 is 19.7 Å². The number of fused-ring (bicyclic) bond motifs is 1. The van der Waals surface area contributed by atoms with Crippen molar-refractivity contribution in [2.75, 3.05) is 24.6 Å². The van der Waals surface area contributed by atoms with Crippen LogP contribution in [0.2, 0.25) is 0 Å². The smallest absolute Gasteiger partial charge is 0.128 e. The minimum absolute atomic E-state index is 0.278. The maximum atomic E-state index is 10.5. The zero-order chi connectivity index (χ0) is 17.5. The number of para-hydroxylation sites is 1. The Morgan fingerprint density at radius 3 is 2.72 bits per heavy atom. The molecule has 0 bridgehead atoms. The van der Waals surface area contributed by atoms with E-state index < -0.39 is 6.10 Å². The second-order valence-electron chi connectivity index (χ2n) is 6.30. The van der Waals surface area contributed by atoms with E-state index >= 15 is 0 Å². The molecule has 1 heterocycles. The third-order valence-corrected chi connectivity index (χ3v) is 4.32. The molecular formula is C21H26N2O2. The standard InChI is InChI=1S/C21H26N2O2/c1-2-3-14-23(17-8-5-4-6-9-17)15-18(24)16-25-21-11-7-10-20-19(21)12-13-22-20/h4-13,18,22,24H,2-3,14-16H2,1H3. The van der Waals surface area contributed by atoms with Gasteiger partial charge in [0.15, 0.2) is 0 Å². The number of aromatic nitrogens is 1. The van der Waals surface area contributed by atoms with Gasteiger partial charge in [0, 0.05) is 35.9 Å². The largest absolute Gasteiger partial charge is 0.490 e. The number of rotatable bonds is 9. The maximum Gasteiger partial charge on any atom is 0.128 e. The zero-order valence-corrected chi connectivity index (χ0v) is 14.7. The summed E-state index contributed by atoms with van der Waals surface area (Å²) >= 11 is 0. The summed E-state index contributed by atoms with van der Waals surface area (Å²) in [4.78, 5) is 5.40. The van der Waals surface area contributed by atoms with Gasteiger partial charge in [0.1, 0.15) is 18.5 Å². The minimum atomic E-state index is -0.550. The molecule has 2 aromatic carbocycles. The van der Waals surface area contributed by atoms with Gasteiger partial charge in [0.25, 0.3) is 0 Å². The van der Waals surface area contributed by atoms with Gasteiger partial charge in [-0.15, -0.1) is 0 Å². The van der Waals surface area contributed by atoms with Crippen LogP contribution in [0.4, 0.5) is 5.69 Å². The normalized spacial score (nSPS) is 12.2. The van der Waals surface area contributed by atoms with E-state index in [9.17, 15) is 5.11 Å². The topological polar surface area (TPSA) is 48.5 Å². The van der Waals surface area contributed by atoms with E-state index in [4.69, 9.17) is 4.74 Å². The molecule has 0 saturated heterocycles. The van der Waals surface area contributed by atoms with Gasteiger partial charge in [-0.2, -0.15) is 0 Å². The molecule has 25 heavy (non-hydrogen) atoms. The molecule has 132 valence electrons. The Bertz CT molecular complexity index is 770. The first-order valence-corrected chi connectivity index (χ1v) is 8.95. The molecule has 0 aliphatic carbocycles. The maximum absolute atomic E-state index is 10.5. The molecule has 0 aliphatic rings. The van der Waals surface area contributed by atoms with Crippen molar-refractivity contribution in [3.63, 3.8) is 0 Å². The van der Waals surface area contributed by atoms with E-state index in [1.165, 1.54) is 0 Å². The lowest BCUT2D eigenvalue weighted by Gasteiger charge is -2.27. The van der Waals surface area contributed by atoms with Crippen LogP contribution in [0.25, 0.3) is 10.9 Å². The first-order valence-electron chi connectivity index (χ1n) is 8.95. The Labute approximate surface area is 149 Å². The van der Waals surface area contributed by atoms with Gasteiger partial charge in [0.2, 0.25) is 0 Å². The summed E-state index contributed by atoms with van der Waals surface area (Å²) in [6.07, 6.45) is 3.58. The van der Waals surface area contributed by atoms with Crippen molar-refractivity contribution < 1.29 is 9.84 Å². The molecule has 1 unspecified atom stereocenters. The SMILES string of the molecule is CCCCN(CC(O)COc1cccc2[nH]ccc12)c1ccccc1. The monoisotopic (exact) mass is 338 g/mol. The third-order valence-electron chi connectivity index (χ3n) is 4.32. The van der Waals surface area contributed by atoms with Gasteiger partial charge >= 0.3 is 0 Å². The lowest BCUT2D eigenvalue weighted by Crippen LogP contribution is -2.36. The number of nitrogens with one attached hydrogen (secondary N) is 1. The fraction of sp³-hybridized carbons (Fsp3) is 0.333. The number of unbranched alkanes of at least 4 members (excludes halogenated alkanes) is 1. The average Bonchev–Trinajstić information content (AvgIpc) is 3.13. The molecule has 4 heteroatoms. The first kappa shape index (κ1) is 17.4. The van der Waals surface area contributed by atoms with E-state index in [1.807, 2.05) is 48.7 Å². The van der Waals surface area contributed by atoms with E-state index in [2.05, 4.69) is 28.9 Å². The molecule has 0 spiro atoms. The van der Waals surface area contributed by atoms with E-state index in [1.54, 1.807) is 0 Å². The van der Waals surface area contributed by atoms with E-state index in [0.717, 1.165) is 41.7 Å². The van der Waals surface area contributed by atoms with Crippen LogP contribution in [-0.2, 0) is 0 Å². The summed E-state index contributed by atoms with van der Waals surface area (Å²) in [6, 6.07) is 18.2. The number of aromatic amines is 1. The minimum Gasteiger partial charge on any atom is -0.490 e. The zero-order valence-electron chi connectivity index (χ0n) is 14.7. The van der Waals surface area contributed by atoms with Crippen molar-refractivity contribution in [1.29, 1.82) is 0 Å². The molecule has 3 rings (SSSR count). The number of H-pyrrole nitrogens is 1. The second-order valence-corrected chi connectivity index (χ2v) is 6.30. The Hall–Kier alpha value is -2.46. The van der Waals surface area contributed by atoms with Crippen LogP contribution in [0.3, 0.4) is 0 Å². The number of ether oxygens (including phenoxy) is 1. The molecule has 1 atom stereocenters. The van der Waals surface area contributed by atoms with Crippen molar-refractivity contribution in [1.82, 2.24) is 4.98 Å². The number of aliphatic hydroxyl groups excluding tert-OH is 1. The number of aliphatic hydroxyl groups is 1. The van der Waals surface area contributed by atoms with E-state index in [-0.39, 0.29) is 6.61 Å². The van der Waals surface area contributed by atoms with Crippen LogP contribution in [0.15, 0.2) is 60.8 Å². The molecule has 3 aromatic rings. The highest BCUT2D eigenvalue weighted by Gasteiger charge is 2.13. The van der Waals surface area contributed by atoms with E-state index in [0.29, 0.717) is 6.54 Å². The average molecular weight is 338 g/mol. The van der Waals surface area contributed by atoms with Gasteiger partial charge in [-0.3, -0.25) is 0 Å². The van der Waals surface area contributed by atoms with Crippen LogP contribution in [0.5, 0.6) is 5.75 Å². The highest BCUT2D eigenvalue weighted by Crippen LogP contribution is 2.24. The highest BCUT2D eigenvalue weighted by molar-refractivity contribution is 5.85. The van der Waals surface area contributed by atoms with Crippen molar-refractivity contribution >= 4 is 16.6 Å². The van der Waals surface area contributed by atoms with Crippen molar-refractivity contribution in [2.45, 2.75) is 25.9 Å². The Morgan fingerprint density at radius 2 is 1.92 bits per heavy atom. The summed E-state index contributed by atoms with van der Waals surface area (Å²) in [5.41, 5.74) is 2.18. The van der Waals surface area contributed by atoms with Gasteiger partial charge in [-0.1, -0.05) is 37.6 Å². The number of hydrogen-bond acceptors (Lipinski definition) is 3. The number of hydrogen-bond donors (Lipinski definition) is 2.